The minimum Gasteiger partial charge on any atom is -0.349 e. The molecule has 2 fully saturated rings. The average molecular weight is 308 g/mol. The molecule has 1 aromatic rings. The van der Waals surface area contributed by atoms with Crippen LogP contribution in [0.5, 0.6) is 0 Å². The summed E-state index contributed by atoms with van der Waals surface area (Å²) in [6.07, 6.45) is 5.83. The number of hydrogen-bond acceptors (Lipinski definition) is 3. The minimum atomic E-state index is -3.40. The molecule has 0 aromatic heterocycles. The Morgan fingerprint density at radius 1 is 1.19 bits per heavy atom. The van der Waals surface area contributed by atoms with Crippen LogP contribution in [0.2, 0.25) is 0 Å². The number of nitrogens with one attached hydrogen (secondary N) is 2. The van der Waals surface area contributed by atoms with E-state index in [1.165, 1.54) is 19.3 Å². The Hall–Kier alpha value is -1.56. The lowest BCUT2D eigenvalue weighted by Gasteiger charge is -2.23. The second kappa shape index (κ2) is 5.33. The maximum atomic E-state index is 12.4. The number of para-hydroxylation sites is 1. The molecule has 0 unspecified atom stereocenters. The van der Waals surface area contributed by atoms with E-state index in [-0.39, 0.29) is 11.9 Å². The van der Waals surface area contributed by atoms with Gasteiger partial charge in [-0.1, -0.05) is 18.6 Å². The summed E-state index contributed by atoms with van der Waals surface area (Å²) in [4.78, 5) is 12.4. The van der Waals surface area contributed by atoms with Crippen LogP contribution in [0.25, 0.3) is 0 Å². The van der Waals surface area contributed by atoms with Gasteiger partial charge in [0, 0.05) is 6.04 Å². The molecule has 1 amide bonds. The molecule has 114 valence electrons. The number of rotatable bonds is 4. The number of carbonyl (C=O) groups excluding carboxylic acids is 1. The predicted octanol–water partition coefficient (Wildman–Crippen LogP) is 1.98. The van der Waals surface area contributed by atoms with E-state index in [0.717, 1.165) is 18.6 Å². The summed E-state index contributed by atoms with van der Waals surface area (Å²) in [5.41, 5.74) is 0.714. The monoisotopic (exact) mass is 308 g/mol. The van der Waals surface area contributed by atoms with Crippen LogP contribution in [0.1, 0.15) is 36.0 Å². The third-order valence-corrected chi connectivity index (χ3v) is 5.11. The average Bonchev–Trinajstić information content (AvgIpc) is 2.99. The second-order valence-electron chi connectivity index (χ2n) is 6.17. The molecule has 0 radical (unpaired) electrons. The molecule has 0 spiro atoms. The largest absolute Gasteiger partial charge is 0.349 e. The summed E-state index contributed by atoms with van der Waals surface area (Å²) in [5.74, 6) is 1.15. The van der Waals surface area contributed by atoms with Gasteiger partial charge in [-0.05, 0) is 43.2 Å². The molecular formula is C15H20N2O3S. The molecule has 3 rings (SSSR count). The molecule has 1 aromatic carbocycles. The van der Waals surface area contributed by atoms with E-state index in [4.69, 9.17) is 0 Å². The van der Waals surface area contributed by atoms with Crippen molar-refractivity contribution in [1.29, 1.82) is 0 Å². The molecule has 0 saturated heterocycles. The highest BCUT2D eigenvalue weighted by atomic mass is 32.2. The van der Waals surface area contributed by atoms with Crippen LogP contribution in [0.3, 0.4) is 0 Å². The summed E-state index contributed by atoms with van der Waals surface area (Å²) in [6.45, 7) is 0. The molecule has 2 saturated carbocycles. The van der Waals surface area contributed by atoms with Crippen molar-refractivity contribution < 1.29 is 13.2 Å². The molecule has 0 heterocycles. The third kappa shape index (κ3) is 3.20. The number of fused-ring (bicyclic) bond motifs is 2. The van der Waals surface area contributed by atoms with Gasteiger partial charge in [-0.3, -0.25) is 9.52 Å². The Balaban J connectivity index is 1.75. The van der Waals surface area contributed by atoms with Gasteiger partial charge in [0.1, 0.15) is 0 Å². The van der Waals surface area contributed by atoms with Gasteiger partial charge in [0.2, 0.25) is 10.0 Å². The van der Waals surface area contributed by atoms with Crippen molar-refractivity contribution in [1.82, 2.24) is 5.32 Å². The van der Waals surface area contributed by atoms with Crippen molar-refractivity contribution in [3.05, 3.63) is 29.8 Å². The Bertz CT molecular complexity index is 657. The zero-order chi connectivity index (χ0) is 15.0. The quantitative estimate of drug-likeness (QED) is 0.893. The molecule has 2 N–H and O–H groups in total. The molecule has 3 atom stereocenters. The Morgan fingerprint density at radius 2 is 1.95 bits per heavy atom. The molecular weight excluding hydrogens is 288 g/mol. The van der Waals surface area contributed by atoms with Gasteiger partial charge in [0.15, 0.2) is 0 Å². The van der Waals surface area contributed by atoms with Crippen LogP contribution in [0, 0.1) is 11.8 Å². The molecule has 5 nitrogen and oxygen atoms in total. The number of anilines is 1. The summed E-state index contributed by atoms with van der Waals surface area (Å²) >= 11 is 0. The Morgan fingerprint density at radius 3 is 2.57 bits per heavy atom. The van der Waals surface area contributed by atoms with Crippen LogP contribution in [-0.4, -0.2) is 26.6 Å². The van der Waals surface area contributed by atoms with Crippen LogP contribution in [0.4, 0.5) is 5.69 Å². The normalized spacial score (nSPS) is 27.6. The molecule has 0 aliphatic heterocycles. The SMILES string of the molecule is CS(=O)(=O)Nc1ccccc1C(=O)N[C@H]1C[C@H]2CC[C@@H]1C2. The fourth-order valence-electron chi connectivity index (χ4n) is 3.64. The van der Waals surface area contributed by atoms with Crippen molar-refractivity contribution in [2.45, 2.75) is 31.7 Å². The van der Waals surface area contributed by atoms with Crippen LogP contribution in [0.15, 0.2) is 24.3 Å². The molecule has 6 heteroatoms. The fourth-order valence-corrected chi connectivity index (χ4v) is 4.21. The molecule has 2 aliphatic rings. The van der Waals surface area contributed by atoms with Crippen LogP contribution in [-0.2, 0) is 10.0 Å². The summed E-state index contributed by atoms with van der Waals surface area (Å²) in [6, 6.07) is 6.94. The predicted molar refractivity (Wildman–Crippen MR) is 81.6 cm³/mol. The molecule has 21 heavy (non-hydrogen) atoms. The van der Waals surface area contributed by atoms with Gasteiger partial charge in [0.05, 0.1) is 17.5 Å². The first-order valence-electron chi connectivity index (χ1n) is 7.30. The summed E-state index contributed by atoms with van der Waals surface area (Å²) in [5, 5.41) is 3.08. The second-order valence-corrected chi connectivity index (χ2v) is 7.92. The summed E-state index contributed by atoms with van der Waals surface area (Å²) < 4.78 is 25.2. The van der Waals surface area contributed by atoms with Crippen LogP contribution < -0.4 is 10.0 Å². The van der Waals surface area contributed by atoms with E-state index in [2.05, 4.69) is 10.0 Å². The first kappa shape index (κ1) is 14.4. The van der Waals surface area contributed by atoms with Gasteiger partial charge < -0.3 is 5.32 Å². The van der Waals surface area contributed by atoms with E-state index in [1.54, 1.807) is 24.3 Å². The number of benzene rings is 1. The van der Waals surface area contributed by atoms with Gasteiger partial charge in [-0.25, -0.2) is 8.42 Å². The highest BCUT2D eigenvalue weighted by Gasteiger charge is 2.40. The first-order valence-corrected chi connectivity index (χ1v) is 9.19. The highest BCUT2D eigenvalue weighted by Crippen LogP contribution is 2.44. The maximum absolute atomic E-state index is 12.4. The van der Waals surface area contributed by atoms with Crippen molar-refractivity contribution in [2.75, 3.05) is 11.0 Å². The Labute approximate surface area is 125 Å². The van der Waals surface area contributed by atoms with Gasteiger partial charge in [0.25, 0.3) is 5.91 Å². The lowest BCUT2D eigenvalue weighted by Crippen LogP contribution is -2.38. The van der Waals surface area contributed by atoms with E-state index < -0.39 is 10.0 Å². The van der Waals surface area contributed by atoms with Crippen molar-refractivity contribution in [3.8, 4) is 0 Å². The van der Waals surface area contributed by atoms with E-state index in [9.17, 15) is 13.2 Å². The standard InChI is InChI=1S/C15H20N2O3S/c1-21(19,20)17-13-5-3-2-4-12(13)15(18)16-14-9-10-6-7-11(14)8-10/h2-5,10-11,14,17H,6-9H2,1H3,(H,16,18)/t10-,11+,14-/m0/s1. The van der Waals surface area contributed by atoms with E-state index >= 15 is 0 Å². The molecule has 2 aliphatic carbocycles. The smallest absolute Gasteiger partial charge is 0.253 e. The number of carbonyl (C=O) groups is 1. The van der Waals surface area contributed by atoms with Crippen molar-refractivity contribution in [2.24, 2.45) is 11.8 Å². The molecule has 2 bridgehead atoms. The summed E-state index contributed by atoms with van der Waals surface area (Å²) in [7, 11) is -3.40. The van der Waals surface area contributed by atoms with E-state index in [1.807, 2.05) is 0 Å². The van der Waals surface area contributed by atoms with Crippen molar-refractivity contribution >= 4 is 21.6 Å². The third-order valence-electron chi connectivity index (χ3n) is 4.52. The zero-order valence-electron chi connectivity index (χ0n) is 12.0. The number of amides is 1. The maximum Gasteiger partial charge on any atom is 0.253 e. The van der Waals surface area contributed by atoms with Crippen LogP contribution >= 0.6 is 0 Å². The highest BCUT2D eigenvalue weighted by molar-refractivity contribution is 7.92. The Kier molecular flexibility index (Phi) is 3.65. The van der Waals surface area contributed by atoms with Gasteiger partial charge in [-0.15, -0.1) is 0 Å². The van der Waals surface area contributed by atoms with E-state index in [0.29, 0.717) is 17.2 Å². The topological polar surface area (TPSA) is 75.3 Å². The van der Waals surface area contributed by atoms with Crippen molar-refractivity contribution in [3.63, 3.8) is 0 Å². The lowest BCUT2D eigenvalue weighted by atomic mass is 9.95. The van der Waals surface area contributed by atoms with Gasteiger partial charge >= 0.3 is 0 Å². The van der Waals surface area contributed by atoms with Gasteiger partial charge in [-0.2, -0.15) is 0 Å². The zero-order valence-corrected chi connectivity index (χ0v) is 12.8. The first-order chi connectivity index (χ1) is 9.92. The number of sulfonamides is 1. The fraction of sp³-hybridized carbons (Fsp3) is 0.533. The number of hydrogen-bond donors (Lipinski definition) is 2. The minimum absolute atomic E-state index is 0.195. The lowest BCUT2D eigenvalue weighted by molar-refractivity contribution is 0.0924.